The molecule has 0 saturated carbocycles. The highest BCUT2D eigenvalue weighted by molar-refractivity contribution is 5.81. The highest BCUT2D eigenvalue weighted by Gasteiger charge is 2.20. The second-order valence-electron chi connectivity index (χ2n) is 6.99. The van der Waals surface area contributed by atoms with Gasteiger partial charge < -0.3 is 16.0 Å². The molecule has 0 aromatic heterocycles. The van der Waals surface area contributed by atoms with E-state index in [2.05, 4.69) is 46.9 Å². The number of amides is 1. The van der Waals surface area contributed by atoms with Crippen molar-refractivity contribution < 1.29 is 4.79 Å². The number of benzene rings is 1. The predicted molar refractivity (Wildman–Crippen MR) is 101 cm³/mol. The molecule has 134 valence electrons. The normalized spacial score (nSPS) is 13.3. The van der Waals surface area contributed by atoms with Crippen molar-refractivity contribution in [1.29, 1.82) is 0 Å². The van der Waals surface area contributed by atoms with Gasteiger partial charge in [0.05, 0.1) is 12.6 Å². The highest BCUT2D eigenvalue weighted by atomic mass is 16.2. The lowest BCUT2D eigenvalue weighted by Gasteiger charge is -2.20. The highest BCUT2D eigenvalue weighted by Crippen LogP contribution is 2.16. The van der Waals surface area contributed by atoms with Crippen LogP contribution in [0.4, 0.5) is 0 Å². The molecule has 0 aliphatic rings. The third kappa shape index (κ3) is 6.60. The Morgan fingerprint density at radius 2 is 1.88 bits per heavy atom. The van der Waals surface area contributed by atoms with E-state index in [-0.39, 0.29) is 17.4 Å². The van der Waals surface area contributed by atoms with Gasteiger partial charge in [-0.1, -0.05) is 45.0 Å². The summed E-state index contributed by atoms with van der Waals surface area (Å²) in [7, 11) is 0. The Morgan fingerprint density at radius 1 is 1.21 bits per heavy atom. The molecular weight excluding hydrogens is 300 g/mol. The number of aryl methyl sites for hydroxylation is 1. The SMILES string of the molecule is CCNC(=NCCNC(=O)C(C)(C)C)NC(C)c1ccccc1C. The lowest BCUT2D eigenvalue weighted by Crippen LogP contribution is -2.40. The van der Waals surface area contributed by atoms with Gasteiger partial charge in [-0.25, -0.2) is 0 Å². The Labute approximate surface area is 146 Å². The van der Waals surface area contributed by atoms with E-state index in [1.807, 2.05) is 39.8 Å². The minimum absolute atomic E-state index is 0.0453. The lowest BCUT2D eigenvalue weighted by atomic mass is 9.96. The van der Waals surface area contributed by atoms with Crippen molar-refractivity contribution in [3.63, 3.8) is 0 Å². The van der Waals surface area contributed by atoms with Crippen LogP contribution in [0, 0.1) is 12.3 Å². The van der Waals surface area contributed by atoms with Crippen LogP contribution in [0.5, 0.6) is 0 Å². The summed E-state index contributed by atoms with van der Waals surface area (Å²) in [5, 5.41) is 9.58. The fraction of sp³-hybridized carbons (Fsp3) is 0.579. The van der Waals surface area contributed by atoms with Gasteiger partial charge in [0, 0.05) is 18.5 Å². The predicted octanol–water partition coefficient (Wildman–Crippen LogP) is 2.77. The first-order valence-corrected chi connectivity index (χ1v) is 8.64. The fourth-order valence-corrected chi connectivity index (χ4v) is 2.28. The monoisotopic (exact) mass is 332 g/mol. The number of aliphatic imine (C=N–C) groups is 1. The summed E-state index contributed by atoms with van der Waals surface area (Å²) < 4.78 is 0. The van der Waals surface area contributed by atoms with E-state index in [1.54, 1.807) is 0 Å². The van der Waals surface area contributed by atoms with Gasteiger partial charge in [-0.3, -0.25) is 9.79 Å². The number of carbonyl (C=O) groups is 1. The second kappa shape index (κ2) is 9.30. The zero-order chi connectivity index (χ0) is 18.2. The molecule has 0 aliphatic carbocycles. The van der Waals surface area contributed by atoms with E-state index in [1.165, 1.54) is 11.1 Å². The Hall–Kier alpha value is -2.04. The molecule has 3 N–H and O–H groups in total. The van der Waals surface area contributed by atoms with Crippen molar-refractivity contribution in [2.24, 2.45) is 10.4 Å². The van der Waals surface area contributed by atoms with Gasteiger partial charge in [-0.05, 0) is 31.9 Å². The first-order chi connectivity index (χ1) is 11.3. The molecule has 1 amide bonds. The molecule has 0 fully saturated rings. The molecule has 0 radical (unpaired) electrons. The number of rotatable bonds is 6. The van der Waals surface area contributed by atoms with Crippen molar-refractivity contribution in [3.05, 3.63) is 35.4 Å². The molecule has 0 saturated heterocycles. The average Bonchev–Trinajstić information content (AvgIpc) is 2.50. The zero-order valence-electron chi connectivity index (χ0n) is 15.9. The maximum absolute atomic E-state index is 11.8. The van der Waals surface area contributed by atoms with Crippen molar-refractivity contribution in [2.75, 3.05) is 19.6 Å². The van der Waals surface area contributed by atoms with E-state index in [4.69, 9.17) is 0 Å². The van der Waals surface area contributed by atoms with Crippen LogP contribution in [0.1, 0.15) is 51.8 Å². The standard InChI is InChI=1S/C19H32N4O/c1-7-20-18(22-13-12-21-17(24)19(4,5)6)23-15(3)16-11-9-8-10-14(16)2/h8-11,15H,7,12-13H2,1-6H3,(H,21,24)(H2,20,22,23). The van der Waals surface area contributed by atoms with E-state index < -0.39 is 0 Å². The smallest absolute Gasteiger partial charge is 0.225 e. The summed E-state index contributed by atoms with van der Waals surface area (Å²) >= 11 is 0. The van der Waals surface area contributed by atoms with Gasteiger partial charge >= 0.3 is 0 Å². The van der Waals surface area contributed by atoms with Crippen LogP contribution in [-0.4, -0.2) is 31.5 Å². The van der Waals surface area contributed by atoms with Crippen molar-refractivity contribution in [3.8, 4) is 0 Å². The third-order valence-corrected chi connectivity index (χ3v) is 3.70. The van der Waals surface area contributed by atoms with Gasteiger partial charge in [0.25, 0.3) is 0 Å². The van der Waals surface area contributed by atoms with Crippen LogP contribution < -0.4 is 16.0 Å². The molecule has 5 nitrogen and oxygen atoms in total. The summed E-state index contributed by atoms with van der Waals surface area (Å²) in [5.74, 6) is 0.808. The number of carbonyl (C=O) groups excluding carboxylic acids is 1. The Morgan fingerprint density at radius 3 is 2.46 bits per heavy atom. The van der Waals surface area contributed by atoms with Crippen molar-refractivity contribution in [1.82, 2.24) is 16.0 Å². The number of hydrogen-bond acceptors (Lipinski definition) is 2. The molecule has 0 bridgehead atoms. The molecular formula is C19H32N4O. The van der Waals surface area contributed by atoms with Gasteiger partial charge in [0.2, 0.25) is 5.91 Å². The van der Waals surface area contributed by atoms with Crippen LogP contribution in [0.2, 0.25) is 0 Å². The van der Waals surface area contributed by atoms with E-state index >= 15 is 0 Å². The summed E-state index contributed by atoms with van der Waals surface area (Å²) in [4.78, 5) is 16.4. The van der Waals surface area contributed by atoms with E-state index in [0.29, 0.717) is 13.1 Å². The molecule has 0 aliphatic heterocycles. The van der Waals surface area contributed by atoms with Crippen LogP contribution in [0.15, 0.2) is 29.3 Å². The lowest BCUT2D eigenvalue weighted by molar-refractivity contribution is -0.128. The van der Waals surface area contributed by atoms with Crippen LogP contribution in [0.3, 0.4) is 0 Å². The fourth-order valence-electron chi connectivity index (χ4n) is 2.28. The number of guanidine groups is 1. The second-order valence-corrected chi connectivity index (χ2v) is 6.99. The van der Waals surface area contributed by atoms with Crippen molar-refractivity contribution >= 4 is 11.9 Å². The minimum atomic E-state index is -0.369. The first-order valence-electron chi connectivity index (χ1n) is 8.64. The largest absolute Gasteiger partial charge is 0.357 e. The third-order valence-electron chi connectivity index (χ3n) is 3.70. The van der Waals surface area contributed by atoms with Crippen LogP contribution in [-0.2, 0) is 4.79 Å². The summed E-state index contributed by atoms with van der Waals surface area (Å²) in [6.45, 7) is 13.8. The average molecular weight is 332 g/mol. The number of nitrogens with zero attached hydrogens (tertiary/aromatic N) is 1. The molecule has 1 atom stereocenters. The van der Waals surface area contributed by atoms with Gasteiger partial charge in [-0.15, -0.1) is 0 Å². The number of hydrogen-bond donors (Lipinski definition) is 3. The number of nitrogens with one attached hydrogen (secondary N) is 3. The molecule has 0 heterocycles. The van der Waals surface area contributed by atoms with Gasteiger partial charge in [0.1, 0.15) is 0 Å². The molecule has 0 spiro atoms. The maximum Gasteiger partial charge on any atom is 0.225 e. The quantitative estimate of drug-likeness (QED) is 0.426. The Balaban J connectivity index is 2.60. The van der Waals surface area contributed by atoms with E-state index in [0.717, 1.165) is 12.5 Å². The zero-order valence-corrected chi connectivity index (χ0v) is 15.9. The van der Waals surface area contributed by atoms with Gasteiger partial charge in [-0.2, -0.15) is 0 Å². The Bertz CT molecular complexity index is 561. The molecule has 1 unspecified atom stereocenters. The summed E-state index contributed by atoms with van der Waals surface area (Å²) in [6, 6.07) is 8.49. The minimum Gasteiger partial charge on any atom is -0.357 e. The molecule has 1 rings (SSSR count). The molecule has 5 heteroatoms. The first kappa shape index (κ1) is 20.0. The summed E-state index contributed by atoms with van der Waals surface area (Å²) in [5.41, 5.74) is 2.14. The Kier molecular flexibility index (Phi) is 7.75. The summed E-state index contributed by atoms with van der Waals surface area (Å²) in [6.07, 6.45) is 0. The van der Waals surface area contributed by atoms with Crippen LogP contribution in [0.25, 0.3) is 0 Å². The maximum atomic E-state index is 11.8. The van der Waals surface area contributed by atoms with Crippen molar-refractivity contribution in [2.45, 2.75) is 47.6 Å². The molecule has 1 aromatic rings. The van der Waals surface area contributed by atoms with Gasteiger partial charge in [0.15, 0.2) is 5.96 Å². The van der Waals surface area contributed by atoms with E-state index in [9.17, 15) is 4.79 Å². The molecule has 24 heavy (non-hydrogen) atoms. The molecule has 1 aromatic carbocycles. The van der Waals surface area contributed by atoms with Crippen LogP contribution >= 0.6 is 0 Å². The topological polar surface area (TPSA) is 65.5 Å².